The van der Waals surface area contributed by atoms with E-state index >= 15 is 0 Å². The van der Waals surface area contributed by atoms with Crippen LogP contribution >= 0.6 is 0 Å². The van der Waals surface area contributed by atoms with E-state index in [1.54, 1.807) is 4.90 Å². The zero-order valence-electron chi connectivity index (χ0n) is 14.7. The van der Waals surface area contributed by atoms with Gasteiger partial charge in [-0.3, -0.25) is 19.7 Å². The Bertz CT molecular complexity index is 761. The summed E-state index contributed by atoms with van der Waals surface area (Å²) in [6.07, 6.45) is 2.96. The number of carbonyl (C=O) groups is 3. The van der Waals surface area contributed by atoms with E-state index < -0.39 is 6.04 Å². The van der Waals surface area contributed by atoms with Crippen molar-refractivity contribution in [3.05, 3.63) is 34.9 Å². The number of carbonyl (C=O) groups excluding carboxylic acids is 3. The molecule has 7 heteroatoms. The standard InChI is InChI=1S/C19H24N4O3/c20-8-11-4-5-15(11)21-9-12-2-1-3-13-14(12)10-23(19(13)26)16-6-7-17(24)22-18(16)25/h1-3,11,15-16,21H,4-10,20H2,(H,22,24,25)/t11-,15-,16?/m0/s1. The topological polar surface area (TPSA) is 105 Å². The summed E-state index contributed by atoms with van der Waals surface area (Å²) in [5.41, 5.74) is 8.51. The lowest BCUT2D eigenvalue weighted by molar-refractivity contribution is -0.136. The van der Waals surface area contributed by atoms with Crippen molar-refractivity contribution in [2.75, 3.05) is 6.54 Å². The van der Waals surface area contributed by atoms with Gasteiger partial charge in [0.2, 0.25) is 11.8 Å². The summed E-state index contributed by atoms with van der Waals surface area (Å²) in [4.78, 5) is 37.9. The molecule has 2 aliphatic heterocycles. The van der Waals surface area contributed by atoms with Crippen LogP contribution in [0.25, 0.3) is 0 Å². The molecule has 2 heterocycles. The summed E-state index contributed by atoms with van der Waals surface area (Å²) in [6, 6.07) is 5.62. The minimum Gasteiger partial charge on any atom is -0.330 e. The lowest BCUT2D eigenvalue weighted by atomic mass is 9.79. The van der Waals surface area contributed by atoms with E-state index in [1.807, 2.05) is 18.2 Å². The Morgan fingerprint density at radius 1 is 1.19 bits per heavy atom. The summed E-state index contributed by atoms with van der Waals surface area (Å²) >= 11 is 0. The van der Waals surface area contributed by atoms with Gasteiger partial charge in [0, 0.05) is 31.1 Å². The zero-order chi connectivity index (χ0) is 18.3. The van der Waals surface area contributed by atoms with Crippen molar-refractivity contribution in [1.29, 1.82) is 0 Å². The van der Waals surface area contributed by atoms with Crippen LogP contribution in [0.5, 0.6) is 0 Å². The van der Waals surface area contributed by atoms with Crippen LogP contribution in [0, 0.1) is 5.92 Å². The molecule has 26 heavy (non-hydrogen) atoms. The number of amides is 3. The molecule has 1 unspecified atom stereocenters. The number of nitrogens with two attached hydrogens (primary N) is 1. The fourth-order valence-corrected chi connectivity index (χ4v) is 4.18. The first-order valence-corrected chi connectivity index (χ1v) is 9.27. The highest BCUT2D eigenvalue weighted by Crippen LogP contribution is 2.31. The molecular formula is C19H24N4O3. The molecule has 0 spiro atoms. The highest BCUT2D eigenvalue weighted by atomic mass is 16.2. The lowest BCUT2D eigenvalue weighted by Gasteiger charge is -2.36. The third kappa shape index (κ3) is 2.91. The Kier molecular flexibility index (Phi) is 4.50. The van der Waals surface area contributed by atoms with Gasteiger partial charge in [0.1, 0.15) is 6.04 Å². The Hall–Kier alpha value is -2.25. The first-order chi connectivity index (χ1) is 12.6. The number of piperidine rings is 1. The van der Waals surface area contributed by atoms with Crippen molar-refractivity contribution >= 4 is 17.7 Å². The smallest absolute Gasteiger partial charge is 0.255 e. The van der Waals surface area contributed by atoms with E-state index in [4.69, 9.17) is 5.73 Å². The fraction of sp³-hybridized carbons (Fsp3) is 0.526. The van der Waals surface area contributed by atoms with Crippen LogP contribution in [0.4, 0.5) is 0 Å². The second-order valence-electron chi connectivity index (χ2n) is 7.40. The maximum absolute atomic E-state index is 12.8. The molecule has 1 saturated heterocycles. The van der Waals surface area contributed by atoms with Crippen LogP contribution in [0.1, 0.15) is 47.2 Å². The number of imide groups is 1. The highest BCUT2D eigenvalue weighted by Gasteiger charge is 2.39. The quantitative estimate of drug-likeness (QED) is 0.657. The normalized spacial score (nSPS) is 28.0. The second-order valence-corrected chi connectivity index (χ2v) is 7.40. The Morgan fingerprint density at radius 3 is 2.73 bits per heavy atom. The summed E-state index contributed by atoms with van der Waals surface area (Å²) in [7, 11) is 0. The van der Waals surface area contributed by atoms with Crippen LogP contribution in [-0.4, -0.2) is 41.2 Å². The van der Waals surface area contributed by atoms with E-state index in [9.17, 15) is 14.4 Å². The molecule has 4 rings (SSSR count). The van der Waals surface area contributed by atoms with E-state index in [0.717, 1.165) is 17.5 Å². The van der Waals surface area contributed by atoms with E-state index in [-0.39, 0.29) is 24.1 Å². The molecule has 0 bridgehead atoms. The molecule has 1 aromatic rings. The van der Waals surface area contributed by atoms with Crippen LogP contribution in [0.3, 0.4) is 0 Å². The van der Waals surface area contributed by atoms with Gasteiger partial charge >= 0.3 is 0 Å². The van der Waals surface area contributed by atoms with Crippen LogP contribution < -0.4 is 16.4 Å². The van der Waals surface area contributed by atoms with Gasteiger partial charge in [-0.2, -0.15) is 0 Å². The number of benzene rings is 1. The van der Waals surface area contributed by atoms with Crippen molar-refractivity contribution in [3.63, 3.8) is 0 Å². The van der Waals surface area contributed by atoms with E-state index in [2.05, 4.69) is 10.6 Å². The predicted octanol–water partition coefficient (Wildman–Crippen LogP) is 0.274. The van der Waals surface area contributed by atoms with Gasteiger partial charge < -0.3 is 16.0 Å². The van der Waals surface area contributed by atoms with Gasteiger partial charge in [-0.25, -0.2) is 0 Å². The average Bonchev–Trinajstić information content (AvgIpc) is 2.92. The Morgan fingerprint density at radius 2 is 2.04 bits per heavy atom. The molecule has 138 valence electrons. The molecular weight excluding hydrogens is 332 g/mol. The number of fused-ring (bicyclic) bond motifs is 1. The fourth-order valence-electron chi connectivity index (χ4n) is 4.18. The highest BCUT2D eigenvalue weighted by molar-refractivity contribution is 6.05. The molecule has 4 N–H and O–H groups in total. The maximum atomic E-state index is 12.8. The number of hydrogen-bond acceptors (Lipinski definition) is 5. The number of rotatable bonds is 5. The third-order valence-electron chi connectivity index (χ3n) is 5.95. The average molecular weight is 356 g/mol. The monoisotopic (exact) mass is 356 g/mol. The van der Waals surface area contributed by atoms with Gasteiger partial charge in [-0.15, -0.1) is 0 Å². The Labute approximate surface area is 152 Å². The third-order valence-corrected chi connectivity index (χ3v) is 5.95. The number of hydrogen-bond donors (Lipinski definition) is 3. The van der Waals surface area contributed by atoms with Gasteiger partial charge in [0.15, 0.2) is 0 Å². The molecule has 1 saturated carbocycles. The van der Waals surface area contributed by atoms with Crippen LogP contribution in [0.15, 0.2) is 18.2 Å². The molecule has 1 aliphatic carbocycles. The molecule has 3 aliphatic rings. The first-order valence-electron chi connectivity index (χ1n) is 9.27. The van der Waals surface area contributed by atoms with Gasteiger partial charge in [-0.1, -0.05) is 12.1 Å². The molecule has 3 atom stereocenters. The SMILES string of the molecule is NC[C@@H]1CC[C@@H]1NCc1cccc2c1CN(C1CCC(=O)NC1=O)C2=O. The molecule has 0 aromatic heterocycles. The predicted molar refractivity (Wildman–Crippen MR) is 94.9 cm³/mol. The zero-order valence-corrected chi connectivity index (χ0v) is 14.7. The molecule has 7 nitrogen and oxygen atoms in total. The molecule has 3 amide bonds. The summed E-state index contributed by atoms with van der Waals surface area (Å²) in [6.45, 7) is 1.82. The molecule has 1 aromatic carbocycles. The first kappa shape index (κ1) is 17.2. The number of nitrogens with one attached hydrogen (secondary N) is 2. The van der Waals surface area contributed by atoms with Gasteiger partial charge in [0.05, 0.1) is 0 Å². The summed E-state index contributed by atoms with van der Waals surface area (Å²) < 4.78 is 0. The van der Waals surface area contributed by atoms with Crippen molar-refractivity contribution < 1.29 is 14.4 Å². The lowest BCUT2D eigenvalue weighted by Crippen LogP contribution is -2.52. The summed E-state index contributed by atoms with van der Waals surface area (Å²) in [5, 5.41) is 5.89. The van der Waals surface area contributed by atoms with E-state index in [0.29, 0.717) is 43.6 Å². The van der Waals surface area contributed by atoms with Crippen molar-refractivity contribution in [2.24, 2.45) is 11.7 Å². The summed E-state index contributed by atoms with van der Waals surface area (Å²) in [5.74, 6) is -0.231. The number of nitrogens with zero attached hydrogens (tertiary/aromatic N) is 1. The minimum atomic E-state index is -0.568. The van der Waals surface area contributed by atoms with Gasteiger partial charge in [0.25, 0.3) is 5.91 Å². The van der Waals surface area contributed by atoms with Crippen molar-refractivity contribution in [3.8, 4) is 0 Å². The van der Waals surface area contributed by atoms with Gasteiger partial charge in [-0.05, 0) is 48.9 Å². The van der Waals surface area contributed by atoms with Crippen molar-refractivity contribution in [1.82, 2.24) is 15.5 Å². The molecule has 0 radical (unpaired) electrons. The second kappa shape index (κ2) is 6.81. The molecule has 2 fully saturated rings. The van der Waals surface area contributed by atoms with Crippen LogP contribution in [0.2, 0.25) is 0 Å². The van der Waals surface area contributed by atoms with Crippen molar-refractivity contribution in [2.45, 2.75) is 50.9 Å². The largest absolute Gasteiger partial charge is 0.330 e. The van der Waals surface area contributed by atoms with Crippen LogP contribution in [-0.2, 0) is 22.7 Å². The minimum absolute atomic E-state index is 0.125. The van der Waals surface area contributed by atoms with E-state index in [1.165, 1.54) is 6.42 Å². The maximum Gasteiger partial charge on any atom is 0.255 e. The Balaban J connectivity index is 1.49.